The summed E-state index contributed by atoms with van der Waals surface area (Å²) in [5, 5.41) is 18.3. The number of thioether (sulfide) groups is 1. The Kier molecular flexibility index (Phi) is 2.85. The maximum Gasteiger partial charge on any atom is 0.256 e. The van der Waals surface area contributed by atoms with Crippen LogP contribution in [0.1, 0.15) is 0 Å². The highest BCUT2D eigenvalue weighted by atomic mass is 32.2. The summed E-state index contributed by atoms with van der Waals surface area (Å²) in [6, 6.07) is 3.02. The van der Waals surface area contributed by atoms with Gasteiger partial charge in [0.05, 0.1) is 6.07 Å². The van der Waals surface area contributed by atoms with Crippen LogP contribution in [0.5, 0.6) is 5.75 Å². The predicted octanol–water partition coefficient (Wildman–Crippen LogP) is 1.41. The van der Waals surface area contributed by atoms with E-state index in [1.807, 2.05) is 12.3 Å². The highest BCUT2D eigenvalue weighted by Gasteiger charge is 2.13. The van der Waals surface area contributed by atoms with Crippen molar-refractivity contribution in [2.45, 2.75) is 10.9 Å². The standard InChI is InChI=1S/C9H7N3O2S2/c1-15-9-11-8-7(16-9)5(13)4-6(14)12(8)3-2-10/h4,13H,3H2,1H3. The van der Waals surface area contributed by atoms with Crippen LogP contribution in [-0.2, 0) is 6.54 Å². The van der Waals surface area contributed by atoms with Gasteiger partial charge in [-0.15, -0.1) is 11.3 Å². The van der Waals surface area contributed by atoms with Crippen molar-refractivity contribution in [1.82, 2.24) is 9.55 Å². The molecule has 0 atom stereocenters. The molecular formula is C9H7N3O2S2. The minimum Gasteiger partial charge on any atom is -0.506 e. The Morgan fingerprint density at radius 3 is 3.12 bits per heavy atom. The molecule has 1 N–H and O–H groups in total. The lowest BCUT2D eigenvalue weighted by Gasteiger charge is -2.01. The van der Waals surface area contributed by atoms with Gasteiger partial charge in [0.25, 0.3) is 5.56 Å². The molecular weight excluding hydrogens is 246 g/mol. The monoisotopic (exact) mass is 253 g/mol. The first kappa shape index (κ1) is 11.0. The summed E-state index contributed by atoms with van der Waals surface area (Å²) in [7, 11) is 0. The van der Waals surface area contributed by atoms with Gasteiger partial charge in [0.15, 0.2) is 9.99 Å². The molecule has 2 heterocycles. The van der Waals surface area contributed by atoms with Crippen LogP contribution in [0.15, 0.2) is 15.2 Å². The van der Waals surface area contributed by atoms with Crippen molar-refractivity contribution in [3.05, 3.63) is 16.4 Å². The number of nitrogens with zero attached hydrogens (tertiary/aromatic N) is 3. The zero-order valence-electron chi connectivity index (χ0n) is 8.30. The second kappa shape index (κ2) is 4.15. The third-order valence-electron chi connectivity index (χ3n) is 2.01. The lowest BCUT2D eigenvalue weighted by atomic mass is 10.4. The Hall–Kier alpha value is -1.52. The predicted molar refractivity (Wildman–Crippen MR) is 62.9 cm³/mol. The first-order valence-corrected chi connectivity index (χ1v) is 6.35. The van der Waals surface area contributed by atoms with E-state index in [2.05, 4.69) is 4.98 Å². The molecule has 0 unspecified atom stereocenters. The first-order valence-electron chi connectivity index (χ1n) is 4.31. The molecule has 0 amide bonds. The fourth-order valence-electron chi connectivity index (χ4n) is 1.32. The van der Waals surface area contributed by atoms with Crippen LogP contribution in [-0.4, -0.2) is 20.9 Å². The van der Waals surface area contributed by atoms with Gasteiger partial charge in [0.1, 0.15) is 17.0 Å². The van der Waals surface area contributed by atoms with E-state index in [9.17, 15) is 9.90 Å². The van der Waals surface area contributed by atoms with Crippen molar-refractivity contribution >= 4 is 33.4 Å². The normalized spacial score (nSPS) is 10.5. The van der Waals surface area contributed by atoms with Crippen molar-refractivity contribution in [3.63, 3.8) is 0 Å². The minimum absolute atomic E-state index is 0.0623. The number of fused-ring (bicyclic) bond motifs is 1. The van der Waals surface area contributed by atoms with Crippen molar-refractivity contribution in [2.24, 2.45) is 0 Å². The fourth-order valence-corrected chi connectivity index (χ4v) is 2.80. The van der Waals surface area contributed by atoms with Gasteiger partial charge in [0.2, 0.25) is 0 Å². The van der Waals surface area contributed by atoms with E-state index in [1.54, 1.807) is 0 Å². The smallest absolute Gasteiger partial charge is 0.256 e. The topological polar surface area (TPSA) is 78.9 Å². The number of aromatic hydroxyl groups is 1. The zero-order valence-corrected chi connectivity index (χ0v) is 9.93. The van der Waals surface area contributed by atoms with E-state index in [0.717, 1.165) is 10.4 Å². The summed E-state index contributed by atoms with van der Waals surface area (Å²) in [5.74, 6) is -0.0769. The highest BCUT2D eigenvalue weighted by Crippen LogP contribution is 2.32. The van der Waals surface area contributed by atoms with Crippen LogP contribution < -0.4 is 5.56 Å². The molecule has 0 fully saturated rings. The summed E-state index contributed by atoms with van der Waals surface area (Å²) >= 11 is 2.74. The van der Waals surface area contributed by atoms with E-state index in [1.165, 1.54) is 27.7 Å². The lowest BCUT2D eigenvalue weighted by Crippen LogP contribution is -2.18. The number of nitriles is 1. The van der Waals surface area contributed by atoms with E-state index in [4.69, 9.17) is 5.26 Å². The van der Waals surface area contributed by atoms with Crippen LogP contribution >= 0.6 is 23.1 Å². The van der Waals surface area contributed by atoms with E-state index >= 15 is 0 Å². The second-order valence-electron chi connectivity index (χ2n) is 2.95. The third-order valence-corrected chi connectivity index (χ3v) is 4.06. The average Bonchev–Trinajstić information content (AvgIpc) is 2.68. The quantitative estimate of drug-likeness (QED) is 0.819. The maximum absolute atomic E-state index is 11.6. The summed E-state index contributed by atoms with van der Waals surface area (Å²) < 4.78 is 2.55. The average molecular weight is 253 g/mol. The molecule has 7 heteroatoms. The summed E-state index contributed by atoms with van der Waals surface area (Å²) in [6.07, 6.45) is 1.86. The molecule has 5 nitrogen and oxygen atoms in total. The SMILES string of the molecule is CSc1nc2c(s1)c(O)cc(=O)n2CC#N. The number of hydrogen-bond acceptors (Lipinski definition) is 6. The van der Waals surface area contributed by atoms with Crippen LogP contribution in [0.25, 0.3) is 10.3 Å². The molecule has 16 heavy (non-hydrogen) atoms. The Bertz CT molecular complexity index is 638. The van der Waals surface area contributed by atoms with E-state index in [-0.39, 0.29) is 12.3 Å². The molecule has 2 aromatic rings. The molecule has 0 aliphatic carbocycles. The van der Waals surface area contributed by atoms with E-state index in [0.29, 0.717) is 10.3 Å². The maximum atomic E-state index is 11.6. The number of hydrogen-bond donors (Lipinski definition) is 1. The molecule has 2 aromatic heterocycles. The van der Waals surface area contributed by atoms with Gasteiger partial charge in [-0.05, 0) is 6.26 Å². The zero-order chi connectivity index (χ0) is 11.7. The fraction of sp³-hybridized carbons (Fsp3) is 0.222. The summed E-state index contributed by atoms with van der Waals surface area (Å²) in [4.78, 5) is 15.8. The molecule has 0 aliphatic heterocycles. The molecule has 0 aromatic carbocycles. The molecule has 0 bridgehead atoms. The minimum atomic E-state index is -0.412. The molecule has 0 saturated heterocycles. The number of pyridine rings is 1. The van der Waals surface area contributed by atoms with Gasteiger partial charge in [-0.3, -0.25) is 9.36 Å². The van der Waals surface area contributed by atoms with Gasteiger partial charge < -0.3 is 5.11 Å². The lowest BCUT2D eigenvalue weighted by molar-refractivity contribution is 0.480. The van der Waals surface area contributed by atoms with Crippen molar-refractivity contribution in [3.8, 4) is 11.8 Å². The Labute approximate surface area is 99.0 Å². The van der Waals surface area contributed by atoms with Crippen molar-refractivity contribution in [1.29, 1.82) is 5.26 Å². The largest absolute Gasteiger partial charge is 0.506 e. The van der Waals surface area contributed by atoms with Gasteiger partial charge in [-0.1, -0.05) is 11.8 Å². The molecule has 2 rings (SSSR count). The van der Waals surface area contributed by atoms with Crippen molar-refractivity contribution < 1.29 is 5.11 Å². The number of thiazole rings is 1. The molecule has 0 radical (unpaired) electrons. The molecule has 0 aliphatic rings. The summed E-state index contributed by atoms with van der Waals surface area (Å²) in [5.41, 5.74) is -0.0367. The van der Waals surface area contributed by atoms with Gasteiger partial charge in [-0.2, -0.15) is 5.26 Å². The Morgan fingerprint density at radius 2 is 2.50 bits per heavy atom. The van der Waals surface area contributed by atoms with Crippen LogP contribution in [0.4, 0.5) is 0 Å². The number of aromatic nitrogens is 2. The highest BCUT2D eigenvalue weighted by molar-refractivity contribution is 8.00. The third kappa shape index (κ3) is 1.66. The van der Waals surface area contributed by atoms with Crippen LogP contribution in [0.2, 0.25) is 0 Å². The van der Waals surface area contributed by atoms with Gasteiger partial charge in [-0.25, -0.2) is 4.98 Å². The molecule has 0 spiro atoms. The summed E-state index contributed by atoms with van der Waals surface area (Å²) in [6.45, 7) is -0.0623. The van der Waals surface area contributed by atoms with Gasteiger partial charge in [0, 0.05) is 6.07 Å². The first-order chi connectivity index (χ1) is 7.67. The molecule has 82 valence electrons. The molecule has 0 saturated carbocycles. The number of rotatable bonds is 2. The van der Waals surface area contributed by atoms with Crippen LogP contribution in [0, 0.1) is 11.3 Å². The Balaban J connectivity index is 2.83. The van der Waals surface area contributed by atoms with Crippen LogP contribution in [0.3, 0.4) is 0 Å². The van der Waals surface area contributed by atoms with Gasteiger partial charge >= 0.3 is 0 Å². The van der Waals surface area contributed by atoms with Crippen molar-refractivity contribution in [2.75, 3.05) is 6.26 Å². The second-order valence-corrected chi connectivity index (χ2v) is 5.00. The Morgan fingerprint density at radius 1 is 1.75 bits per heavy atom. The van der Waals surface area contributed by atoms with E-state index < -0.39 is 5.56 Å².